The summed E-state index contributed by atoms with van der Waals surface area (Å²) in [6.07, 6.45) is 1.83. The van der Waals surface area contributed by atoms with Crippen LogP contribution in [0.2, 0.25) is 58.9 Å². The normalized spacial score (nSPS) is 13.7. The van der Waals surface area contributed by atoms with Crippen molar-refractivity contribution in [3.63, 3.8) is 0 Å². The van der Waals surface area contributed by atoms with Gasteiger partial charge >= 0.3 is 8.56 Å². The molecule has 0 bridgehead atoms. The van der Waals surface area contributed by atoms with Crippen molar-refractivity contribution in [3.8, 4) is 0 Å². The van der Waals surface area contributed by atoms with Gasteiger partial charge in [0.1, 0.15) is 0 Å². The summed E-state index contributed by atoms with van der Waals surface area (Å²) >= 11 is 0. The van der Waals surface area contributed by atoms with Gasteiger partial charge in [-0.05, 0) is 64.5 Å². The molecule has 0 fully saturated rings. The molecule has 1 rings (SSSR count). The predicted octanol–water partition coefficient (Wildman–Crippen LogP) is 5.59. The van der Waals surface area contributed by atoms with Gasteiger partial charge in [-0.2, -0.15) is 0 Å². The molecular weight excluding hydrogens is 365 g/mol. The second kappa shape index (κ2) is 10.0. The Balaban J connectivity index is 0.000000546. The molecule has 1 unspecified atom stereocenters. The van der Waals surface area contributed by atoms with Gasteiger partial charge in [0, 0.05) is 0 Å². The van der Waals surface area contributed by atoms with Gasteiger partial charge in [0.15, 0.2) is 16.6 Å². The van der Waals surface area contributed by atoms with E-state index in [0.29, 0.717) is 0 Å². The lowest BCUT2D eigenvalue weighted by atomic mass is 10.2. The molecule has 0 heterocycles. The molecule has 0 radical (unpaired) electrons. The van der Waals surface area contributed by atoms with E-state index in [1.54, 1.807) is 0 Å². The third-order valence-corrected chi connectivity index (χ3v) is 14.7. The van der Waals surface area contributed by atoms with Gasteiger partial charge < -0.3 is 12.3 Å². The van der Waals surface area contributed by atoms with Gasteiger partial charge in [-0.25, -0.2) is 0 Å². The van der Waals surface area contributed by atoms with Crippen LogP contribution < -0.4 is 0 Å². The molecule has 0 saturated carbocycles. The molecular formula is C17H36O3Si4. The van der Waals surface area contributed by atoms with Crippen LogP contribution in [0.3, 0.4) is 0 Å². The van der Waals surface area contributed by atoms with E-state index in [1.165, 1.54) is 5.56 Å². The highest BCUT2D eigenvalue weighted by atomic mass is 28.5. The fourth-order valence-corrected chi connectivity index (χ4v) is 16.6. The van der Waals surface area contributed by atoms with Crippen molar-refractivity contribution in [2.45, 2.75) is 58.9 Å². The van der Waals surface area contributed by atoms with Crippen LogP contribution in [-0.2, 0) is 12.3 Å². The number of benzene rings is 1. The van der Waals surface area contributed by atoms with Gasteiger partial charge in [-0.15, -0.1) is 0 Å². The van der Waals surface area contributed by atoms with Crippen molar-refractivity contribution in [1.29, 1.82) is 0 Å². The molecule has 24 heavy (non-hydrogen) atoms. The Morgan fingerprint density at radius 3 is 1.67 bits per heavy atom. The molecule has 3 nitrogen and oxygen atoms in total. The Kier molecular flexibility index (Phi) is 9.88. The Bertz CT molecular complexity index is 479. The fraction of sp³-hybridized carbons (Fsp3) is 0.529. The second-order valence-electron chi connectivity index (χ2n) is 8.14. The molecule has 0 aromatic heterocycles. The van der Waals surface area contributed by atoms with Crippen LogP contribution in [0.25, 0.3) is 6.08 Å². The molecule has 0 saturated heterocycles. The van der Waals surface area contributed by atoms with Crippen molar-refractivity contribution in [2.24, 2.45) is 0 Å². The average molecular weight is 401 g/mol. The van der Waals surface area contributed by atoms with Gasteiger partial charge in [-0.3, -0.25) is 0 Å². The summed E-state index contributed by atoms with van der Waals surface area (Å²) in [5.74, 6) is 0. The van der Waals surface area contributed by atoms with E-state index in [-0.39, 0.29) is 0 Å². The Hall–Kier alpha value is -0.292. The first kappa shape index (κ1) is 23.7. The summed E-state index contributed by atoms with van der Waals surface area (Å²) in [6.45, 7) is 23.2. The van der Waals surface area contributed by atoms with Gasteiger partial charge in [0.25, 0.3) is 9.28 Å². The van der Waals surface area contributed by atoms with Crippen LogP contribution in [0.1, 0.15) is 5.56 Å². The third-order valence-electron chi connectivity index (χ3n) is 2.56. The van der Waals surface area contributed by atoms with E-state index in [1.807, 2.05) is 36.4 Å². The highest BCUT2D eigenvalue weighted by molar-refractivity contribution is 6.84. The van der Waals surface area contributed by atoms with Crippen molar-refractivity contribution in [3.05, 3.63) is 42.5 Å². The summed E-state index contributed by atoms with van der Waals surface area (Å²) in [5.41, 5.74) is 1.17. The molecule has 1 aromatic rings. The molecule has 138 valence electrons. The summed E-state index contributed by atoms with van der Waals surface area (Å²) < 4.78 is 18.2. The molecule has 0 aliphatic carbocycles. The maximum Gasteiger partial charge on any atom is 0.312 e. The van der Waals surface area contributed by atoms with E-state index >= 15 is 0 Å². The second-order valence-corrected chi connectivity index (χ2v) is 23.2. The van der Waals surface area contributed by atoms with Gasteiger partial charge in [0.05, 0.1) is 0 Å². The minimum absolute atomic E-state index is 1.17. The summed E-state index contributed by atoms with van der Waals surface area (Å²) in [6, 6.07) is 10.0. The number of hydrogen-bond donors (Lipinski definition) is 0. The van der Waals surface area contributed by atoms with E-state index < -0.39 is 34.5 Å². The minimum atomic E-state index is -1.98. The van der Waals surface area contributed by atoms with E-state index in [9.17, 15) is 0 Å². The summed E-state index contributed by atoms with van der Waals surface area (Å²) in [7, 11) is -6.47. The van der Waals surface area contributed by atoms with Crippen LogP contribution in [0.15, 0.2) is 36.9 Å². The van der Waals surface area contributed by atoms with E-state index in [4.69, 9.17) is 12.3 Å². The fourth-order valence-electron chi connectivity index (χ4n) is 2.27. The molecule has 0 spiro atoms. The van der Waals surface area contributed by atoms with Crippen LogP contribution in [0.4, 0.5) is 0 Å². The first-order valence-electron chi connectivity index (χ1n) is 8.47. The first-order chi connectivity index (χ1) is 10.7. The lowest BCUT2D eigenvalue weighted by molar-refractivity contribution is 0.352. The molecule has 0 amide bonds. The summed E-state index contributed by atoms with van der Waals surface area (Å²) in [4.78, 5) is 0. The smallest absolute Gasteiger partial charge is 0.312 e. The van der Waals surface area contributed by atoms with Crippen molar-refractivity contribution in [1.82, 2.24) is 0 Å². The quantitative estimate of drug-likeness (QED) is 0.558. The highest BCUT2D eigenvalue weighted by Gasteiger charge is 2.34. The average Bonchev–Trinajstić information content (AvgIpc) is 2.34. The molecule has 0 N–H and O–H groups in total. The maximum absolute atomic E-state index is 6.14. The predicted molar refractivity (Wildman–Crippen MR) is 117 cm³/mol. The zero-order valence-electron chi connectivity index (χ0n) is 17.0. The molecule has 1 aromatic carbocycles. The Labute approximate surface area is 154 Å². The summed E-state index contributed by atoms with van der Waals surface area (Å²) in [5, 5.41) is 0. The number of hydrogen-bond acceptors (Lipinski definition) is 3. The Morgan fingerprint density at radius 2 is 1.33 bits per heavy atom. The molecule has 1 atom stereocenters. The third kappa shape index (κ3) is 14.1. The van der Waals surface area contributed by atoms with E-state index in [2.05, 4.69) is 65.5 Å². The lowest BCUT2D eigenvalue weighted by Gasteiger charge is -2.34. The van der Waals surface area contributed by atoms with Crippen LogP contribution >= 0.6 is 0 Å². The van der Waals surface area contributed by atoms with Crippen molar-refractivity contribution in [2.75, 3.05) is 0 Å². The van der Waals surface area contributed by atoms with Crippen LogP contribution in [0.5, 0.6) is 0 Å². The number of rotatable bonds is 7. The monoisotopic (exact) mass is 400 g/mol. The van der Waals surface area contributed by atoms with Crippen LogP contribution in [0, 0.1) is 0 Å². The largest absolute Gasteiger partial charge is 0.439 e. The zero-order chi connectivity index (χ0) is 19.0. The van der Waals surface area contributed by atoms with Crippen LogP contribution in [-0.4, -0.2) is 34.5 Å². The van der Waals surface area contributed by atoms with Crippen molar-refractivity contribution < 1.29 is 12.3 Å². The van der Waals surface area contributed by atoms with Gasteiger partial charge in [0.2, 0.25) is 0 Å². The standard InChI is InChI=1S/C9H28O3Si4.C8H8/c1-13(10-14(2,3)4)11-16(8,9)12-15(5,6)7;1-2-8-6-4-3-5-7-8/h13H,1-9H3;2-7H,1H2. The molecule has 0 aliphatic rings. The topological polar surface area (TPSA) is 27.7 Å². The Morgan fingerprint density at radius 1 is 0.833 bits per heavy atom. The first-order valence-corrected chi connectivity index (χ1v) is 20.2. The maximum atomic E-state index is 6.14. The lowest BCUT2D eigenvalue weighted by Crippen LogP contribution is -2.49. The van der Waals surface area contributed by atoms with Crippen molar-refractivity contribution >= 4 is 40.6 Å². The van der Waals surface area contributed by atoms with Gasteiger partial charge in [-0.1, -0.05) is 43.0 Å². The zero-order valence-corrected chi connectivity index (χ0v) is 21.1. The minimum Gasteiger partial charge on any atom is -0.439 e. The molecule has 0 aliphatic heterocycles. The highest BCUT2D eigenvalue weighted by Crippen LogP contribution is 2.17. The molecule has 7 heteroatoms. The van der Waals surface area contributed by atoms with E-state index in [0.717, 1.165) is 0 Å². The SMILES string of the molecule is C=Cc1ccccc1.C[SiH](O[Si](C)(C)C)O[Si](C)(C)O[Si](C)(C)C.